The van der Waals surface area contributed by atoms with Crippen LogP contribution in [0.4, 0.5) is 0 Å². The van der Waals surface area contributed by atoms with Crippen LogP contribution in [0.15, 0.2) is 42.7 Å². The van der Waals surface area contributed by atoms with Crippen LogP contribution in [0.5, 0.6) is 0 Å². The van der Waals surface area contributed by atoms with Crippen molar-refractivity contribution >= 4 is 11.8 Å². The maximum atomic E-state index is 13.9. The molecule has 2 bridgehead atoms. The zero-order valence-corrected chi connectivity index (χ0v) is 14.6. The molecule has 2 N–H and O–H groups in total. The van der Waals surface area contributed by atoms with Crippen LogP contribution in [-0.4, -0.2) is 39.8 Å². The van der Waals surface area contributed by atoms with E-state index in [9.17, 15) is 9.59 Å². The van der Waals surface area contributed by atoms with E-state index in [-0.39, 0.29) is 17.4 Å². The Labute approximate surface area is 152 Å². The largest absolute Gasteiger partial charge is 0.355 e. The van der Waals surface area contributed by atoms with Gasteiger partial charge in [-0.05, 0) is 30.7 Å². The normalized spacial score (nSPS) is 32.8. The third-order valence-corrected chi connectivity index (χ3v) is 6.50. The molecule has 6 rings (SSSR count). The van der Waals surface area contributed by atoms with E-state index in [0.717, 1.165) is 30.8 Å². The highest BCUT2D eigenvalue weighted by atomic mass is 16.2. The predicted molar refractivity (Wildman–Crippen MR) is 95.1 cm³/mol. The number of aromatic amines is 1. The number of imidazole rings is 1. The van der Waals surface area contributed by atoms with Crippen molar-refractivity contribution < 1.29 is 9.59 Å². The lowest BCUT2D eigenvalue weighted by atomic mass is 9.70. The number of amides is 2. The third kappa shape index (κ3) is 2.01. The highest BCUT2D eigenvalue weighted by molar-refractivity contribution is 5.92. The van der Waals surface area contributed by atoms with Gasteiger partial charge in [-0.3, -0.25) is 9.59 Å². The molecular weight excluding hydrogens is 328 g/mol. The number of nitrogens with zero attached hydrogens (tertiary/aromatic N) is 2. The Kier molecular flexibility index (Phi) is 3.26. The van der Waals surface area contributed by atoms with Crippen molar-refractivity contribution in [3.05, 3.63) is 54.1 Å². The van der Waals surface area contributed by atoms with Gasteiger partial charge in [-0.15, -0.1) is 0 Å². The fourth-order valence-corrected chi connectivity index (χ4v) is 5.12. The summed E-state index contributed by atoms with van der Waals surface area (Å²) < 4.78 is 0. The number of hydrogen-bond donors (Lipinski definition) is 2. The van der Waals surface area contributed by atoms with Crippen molar-refractivity contribution in [1.29, 1.82) is 0 Å². The van der Waals surface area contributed by atoms with Crippen molar-refractivity contribution in [3.63, 3.8) is 0 Å². The fourth-order valence-electron chi connectivity index (χ4n) is 5.12. The Bertz CT molecular complexity index is 830. The van der Waals surface area contributed by atoms with Gasteiger partial charge in [0.25, 0.3) is 0 Å². The molecule has 2 aromatic rings. The number of fused-ring (bicyclic) bond motifs is 1. The second-order valence-electron chi connectivity index (χ2n) is 7.88. The molecule has 3 aliphatic heterocycles. The van der Waals surface area contributed by atoms with E-state index in [1.165, 1.54) is 0 Å². The smallest absolute Gasteiger partial charge is 0.235 e. The van der Waals surface area contributed by atoms with E-state index < -0.39 is 5.41 Å². The number of aromatic nitrogens is 2. The van der Waals surface area contributed by atoms with Crippen LogP contribution in [0.2, 0.25) is 0 Å². The van der Waals surface area contributed by atoms with Gasteiger partial charge in [0.05, 0.1) is 5.41 Å². The fraction of sp³-hybridized carbons (Fsp3) is 0.450. The number of carbonyl (C=O) groups excluding carboxylic acids is 2. The van der Waals surface area contributed by atoms with E-state index in [2.05, 4.69) is 15.3 Å². The minimum atomic E-state index is -0.688. The molecular formula is C20H22N4O2. The van der Waals surface area contributed by atoms with Gasteiger partial charge in [-0.25, -0.2) is 4.98 Å². The second-order valence-corrected chi connectivity index (χ2v) is 7.88. The lowest BCUT2D eigenvalue weighted by Gasteiger charge is -2.45. The molecule has 4 heterocycles. The summed E-state index contributed by atoms with van der Waals surface area (Å²) in [5.74, 6) is 1.59. The molecule has 1 saturated carbocycles. The molecule has 6 heteroatoms. The van der Waals surface area contributed by atoms with Crippen molar-refractivity contribution in [2.24, 2.45) is 5.92 Å². The van der Waals surface area contributed by atoms with Gasteiger partial charge in [-0.2, -0.15) is 0 Å². The van der Waals surface area contributed by atoms with Crippen LogP contribution >= 0.6 is 0 Å². The molecule has 0 radical (unpaired) electrons. The lowest BCUT2D eigenvalue weighted by Crippen LogP contribution is -2.59. The van der Waals surface area contributed by atoms with Crippen LogP contribution < -0.4 is 5.32 Å². The summed E-state index contributed by atoms with van der Waals surface area (Å²) in [6.07, 6.45) is 6.47. The van der Waals surface area contributed by atoms with Gasteiger partial charge < -0.3 is 15.2 Å². The third-order valence-electron chi connectivity index (χ3n) is 6.50. The molecule has 26 heavy (non-hydrogen) atoms. The maximum absolute atomic E-state index is 13.9. The van der Waals surface area contributed by atoms with E-state index >= 15 is 0 Å². The maximum Gasteiger partial charge on any atom is 0.235 e. The zero-order chi connectivity index (χ0) is 17.8. The van der Waals surface area contributed by atoms with Crippen LogP contribution in [0.3, 0.4) is 0 Å². The van der Waals surface area contributed by atoms with E-state index in [0.29, 0.717) is 25.3 Å². The Hall–Kier alpha value is -2.63. The molecule has 134 valence electrons. The summed E-state index contributed by atoms with van der Waals surface area (Å²) in [7, 11) is 0. The number of carbonyl (C=O) groups is 2. The minimum Gasteiger partial charge on any atom is -0.355 e. The van der Waals surface area contributed by atoms with Gasteiger partial charge >= 0.3 is 0 Å². The number of benzene rings is 1. The Morgan fingerprint density at radius 3 is 2.69 bits per heavy atom. The summed E-state index contributed by atoms with van der Waals surface area (Å²) in [5.41, 5.74) is 0.00414. The SMILES string of the molecule is O=C1CCC(C(=O)N2CC3CC2(c2ncc[nH]2)C3)(c2ccccc2)CN1. The summed E-state index contributed by atoms with van der Waals surface area (Å²) in [4.78, 5) is 35.4. The Morgan fingerprint density at radius 1 is 1.23 bits per heavy atom. The standard InChI is InChI=1S/C20H22N4O2/c25-16-6-7-19(13-23-16,15-4-2-1-3-5-15)18(26)24-12-14-10-20(24,11-14)17-21-8-9-22-17/h1-5,8-9,14H,6-7,10-13H2,(H,21,22)(H,23,25). The van der Waals surface area contributed by atoms with Crippen LogP contribution in [0.1, 0.15) is 37.1 Å². The molecule has 3 saturated heterocycles. The zero-order valence-electron chi connectivity index (χ0n) is 14.6. The number of nitrogens with one attached hydrogen (secondary N) is 2. The number of hydrogen-bond acceptors (Lipinski definition) is 3. The first-order chi connectivity index (χ1) is 12.6. The van der Waals surface area contributed by atoms with Crippen molar-refractivity contribution in [2.75, 3.05) is 13.1 Å². The monoisotopic (exact) mass is 350 g/mol. The number of piperidine rings is 1. The lowest BCUT2D eigenvalue weighted by molar-refractivity contribution is -0.144. The summed E-state index contributed by atoms with van der Waals surface area (Å²) in [6.45, 7) is 1.14. The summed E-state index contributed by atoms with van der Waals surface area (Å²) in [6, 6.07) is 9.91. The van der Waals surface area contributed by atoms with E-state index in [1.54, 1.807) is 6.20 Å². The van der Waals surface area contributed by atoms with Crippen LogP contribution in [0.25, 0.3) is 0 Å². The van der Waals surface area contributed by atoms with Crippen molar-refractivity contribution in [3.8, 4) is 0 Å². The van der Waals surface area contributed by atoms with Crippen LogP contribution in [-0.2, 0) is 20.5 Å². The van der Waals surface area contributed by atoms with Gasteiger partial charge in [0.15, 0.2) is 0 Å². The Morgan fingerprint density at radius 2 is 2.04 bits per heavy atom. The molecule has 1 atom stereocenters. The van der Waals surface area contributed by atoms with E-state index in [1.807, 2.05) is 41.4 Å². The molecule has 0 spiro atoms. The molecule has 4 fully saturated rings. The average Bonchev–Trinajstić information content (AvgIpc) is 3.37. The molecule has 6 nitrogen and oxygen atoms in total. The molecule has 4 aliphatic rings. The van der Waals surface area contributed by atoms with Gasteiger partial charge in [0, 0.05) is 31.9 Å². The van der Waals surface area contributed by atoms with Gasteiger partial charge in [-0.1, -0.05) is 30.3 Å². The molecule has 1 aromatic heterocycles. The predicted octanol–water partition coefficient (Wildman–Crippen LogP) is 1.71. The topological polar surface area (TPSA) is 78.1 Å². The first kappa shape index (κ1) is 15.6. The van der Waals surface area contributed by atoms with Crippen molar-refractivity contribution in [2.45, 2.75) is 36.6 Å². The second kappa shape index (κ2) is 5.43. The number of rotatable bonds is 3. The summed E-state index contributed by atoms with van der Waals surface area (Å²) in [5, 5.41) is 2.94. The van der Waals surface area contributed by atoms with E-state index in [4.69, 9.17) is 0 Å². The highest BCUT2D eigenvalue weighted by Crippen LogP contribution is 2.57. The average molecular weight is 350 g/mol. The van der Waals surface area contributed by atoms with Gasteiger partial charge in [0.2, 0.25) is 11.8 Å². The summed E-state index contributed by atoms with van der Waals surface area (Å²) >= 11 is 0. The molecule has 1 aliphatic carbocycles. The van der Waals surface area contributed by atoms with Crippen LogP contribution in [0, 0.1) is 5.92 Å². The Balaban J connectivity index is 1.55. The van der Waals surface area contributed by atoms with Crippen molar-refractivity contribution in [1.82, 2.24) is 20.2 Å². The first-order valence-electron chi connectivity index (χ1n) is 9.28. The number of H-pyrrole nitrogens is 1. The molecule has 1 aromatic carbocycles. The highest BCUT2D eigenvalue weighted by Gasteiger charge is 2.63. The molecule has 1 unspecified atom stereocenters. The quantitative estimate of drug-likeness (QED) is 0.884. The first-order valence-corrected chi connectivity index (χ1v) is 9.28. The molecule has 2 amide bonds. The minimum absolute atomic E-state index is 0.0239. The van der Waals surface area contributed by atoms with Gasteiger partial charge in [0.1, 0.15) is 11.4 Å².